The normalized spacial score (nSPS) is 11.2. The van der Waals surface area contributed by atoms with Crippen LogP contribution in [0.3, 0.4) is 0 Å². The Morgan fingerprint density at radius 3 is 2.33 bits per heavy atom. The molecule has 174 valence electrons. The number of hydrogen-bond donors (Lipinski definition) is 1. The number of nitrogens with one attached hydrogen (secondary N) is 1. The summed E-state index contributed by atoms with van der Waals surface area (Å²) in [6.07, 6.45) is 0. The second kappa shape index (κ2) is 9.90. The second-order valence-electron chi connectivity index (χ2n) is 8.96. The number of anilines is 1. The quantitative estimate of drug-likeness (QED) is 0.574. The first kappa shape index (κ1) is 24.0. The van der Waals surface area contributed by atoms with Crippen LogP contribution in [0.2, 0.25) is 0 Å². The van der Waals surface area contributed by atoms with Crippen LogP contribution in [-0.4, -0.2) is 46.7 Å². The van der Waals surface area contributed by atoms with Gasteiger partial charge >= 0.3 is 0 Å². The number of aromatic nitrogens is 2. The maximum absolute atomic E-state index is 13.0. The molecule has 7 nitrogen and oxygen atoms in total. The molecule has 0 bridgehead atoms. The summed E-state index contributed by atoms with van der Waals surface area (Å²) in [5, 5.41) is 7.74. The Hall–Kier alpha value is -3.61. The van der Waals surface area contributed by atoms with E-state index in [0.29, 0.717) is 23.7 Å². The molecule has 0 aliphatic carbocycles. The molecule has 1 aromatic heterocycles. The molecule has 3 aromatic rings. The lowest BCUT2D eigenvalue weighted by molar-refractivity contribution is -0.116. The van der Waals surface area contributed by atoms with E-state index < -0.39 is 0 Å². The molecule has 0 aliphatic heterocycles. The molecule has 1 heterocycles. The van der Waals surface area contributed by atoms with Crippen LogP contribution in [-0.2, 0) is 10.2 Å². The van der Waals surface area contributed by atoms with Gasteiger partial charge in [0, 0.05) is 23.6 Å². The number of aryl methyl sites for hydroxylation is 1. The van der Waals surface area contributed by atoms with E-state index in [1.165, 1.54) is 4.90 Å². The minimum Gasteiger partial charge on any atom is -0.497 e. The van der Waals surface area contributed by atoms with Crippen LogP contribution in [0.4, 0.5) is 5.82 Å². The number of methoxy groups -OCH3 is 1. The average molecular weight is 449 g/mol. The van der Waals surface area contributed by atoms with Gasteiger partial charge in [0.2, 0.25) is 5.91 Å². The molecule has 0 radical (unpaired) electrons. The van der Waals surface area contributed by atoms with E-state index in [0.717, 1.165) is 16.9 Å². The predicted molar refractivity (Wildman–Crippen MR) is 130 cm³/mol. The van der Waals surface area contributed by atoms with Gasteiger partial charge in [0.1, 0.15) is 18.1 Å². The maximum atomic E-state index is 13.0. The zero-order valence-electron chi connectivity index (χ0n) is 20.2. The summed E-state index contributed by atoms with van der Waals surface area (Å²) in [7, 11) is 1.58. The number of amides is 2. The first-order valence-electron chi connectivity index (χ1n) is 11.0. The van der Waals surface area contributed by atoms with E-state index in [2.05, 4.69) is 26.1 Å². The SMILES string of the molecule is CCN(CC(=O)Nc1cc(C(C)(C)C)nn1-c1ccccc1C)C(=O)c1ccc(OC)cc1. The number of benzene rings is 2. The monoisotopic (exact) mass is 448 g/mol. The fraction of sp³-hybridized carbons (Fsp3) is 0.346. The van der Waals surface area contributed by atoms with Gasteiger partial charge in [-0.3, -0.25) is 9.59 Å². The molecule has 33 heavy (non-hydrogen) atoms. The van der Waals surface area contributed by atoms with E-state index in [1.807, 2.05) is 44.2 Å². The summed E-state index contributed by atoms with van der Waals surface area (Å²) in [5.74, 6) is 0.755. The van der Waals surface area contributed by atoms with Crippen molar-refractivity contribution >= 4 is 17.6 Å². The smallest absolute Gasteiger partial charge is 0.254 e. The van der Waals surface area contributed by atoms with Gasteiger partial charge in [0.25, 0.3) is 5.91 Å². The molecule has 0 unspecified atom stereocenters. The molecule has 0 saturated carbocycles. The molecule has 1 N–H and O–H groups in total. The van der Waals surface area contributed by atoms with E-state index in [-0.39, 0.29) is 23.8 Å². The van der Waals surface area contributed by atoms with Crippen molar-refractivity contribution in [3.8, 4) is 11.4 Å². The van der Waals surface area contributed by atoms with Crippen molar-refractivity contribution in [2.45, 2.75) is 40.0 Å². The number of para-hydroxylation sites is 1. The first-order chi connectivity index (χ1) is 15.6. The van der Waals surface area contributed by atoms with Crippen molar-refractivity contribution in [2.24, 2.45) is 0 Å². The molecule has 0 fully saturated rings. The summed E-state index contributed by atoms with van der Waals surface area (Å²) in [5.41, 5.74) is 3.12. The number of nitrogens with zero attached hydrogens (tertiary/aromatic N) is 3. The van der Waals surface area contributed by atoms with E-state index in [4.69, 9.17) is 9.84 Å². The molecular formula is C26H32N4O3. The number of carbonyl (C=O) groups excluding carboxylic acids is 2. The Balaban J connectivity index is 1.83. The van der Waals surface area contributed by atoms with Gasteiger partial charge < -0.3 is 15.0 Å². The van der Waals surface area contributed by atoms with Crippen LogP contribution in [0, 0.1) is 6.92 Å². The molecule has 3 rings (SSSR count). The van der Waals surface area contributed by atoms with E-state index in [9.17, 15) is 9.59 Å². The molecule has 0 saturated heterocycles. The summed E-state index contributed by atoms with van der Waals surface area (Å²) in [6, 6.07) is 16.6. The van der Waals surface area contributed by atoms with Gasteiger partial charge in [-0.1, -0.05) is 39.0 Å². The Labute approximate surface area is 195 Å². The van der Waals surface area contributed by atoms with Crippen molar-refractivity contribution < 1.29 is 14.3 Å². The molecule has 2 aromatic carbocycles. The highest BCUT2D eigenvalue weighted by molar-refractivity contribution is 5.99. The number of rotatable bonds is 7. The second-order valence-corrected chi connectivity index (χ2v) is 8.96. The number of likely N-dealkylation sites (N-methyl/N-ethyl adjacent to an activating group) is 1. The zero-order chi connectivity index (χ0) is 24.2. The zero-order valence-corrected chi connectivity index (χ0v) is 20.2. The fourth-order valence-electron chi connectivity index (χ4n) is 3.42. The van der Waals surface area contributed by atoms with Gasteiger partial charge in [-0.25, -0.2) is 4.68 Å². The van der Waals surface area contributed by atoms with Gasteiger partial charge in [0.15, 0.2) is 0 Å². The van der Waals surface area contributed by atoms with Crippen molar-refractivity contribution in [1.82, 2.24) is 14.7 Å². The topological polar surface area (TPSA) is 76.5 Å². The third-order valence-corrected chi connectivity index (χ3v) is 5.43. The highest BCUT2D eigenvalue weighted by Crippen LogP contribution is 2.27. The number of hydrogen-bond acceptors (Lipinski definition) is 4. The van der Waals surface area contributed by atoms with Crippen LogP contribution in [0.25, 0.3) is 5.69 Å². The van der Waals surface area contributed by atoms with Gasteiger partial charge in [-0.15, -0.1) is 0 Å². The Morgan fingerprint density at radius 2 is 1.76 bits per heavy atom. The maximum Gasteiger partial charge on any atom is 0.254 e. The molecule has 7 heteroatoms. The van der Waals surface area contributed by atoms with Crippen molar-refractivity contribution in [1.29, 1.82) is 0 Å². The summed E-state index contributed by atoms with van der Waals surface area (Å²) in [6.45, 7) is 10.4. The first-order valence-corrected chi connectivity index (χ1v) is 11.0. The molecule has 0 atom stereocenters. The highest BCUT2D eigenvalue weighted by Gasteiger charge is 2.23. The number of ether oxygens (including phenoxy) is 1. The predicted octanol–water partition coefficient (Wildman–Crippen LogP) is 4.59. The lowest BCUT2D eigenvalue weighted by Gasteiger charge is -2.21. The third-order valence-electron chi connectivity index (χ3n) is 5.43. The van der Waals surface area contributed by atoms with Crippen molar-refractivity contribution in [2.75, 3.05) is 25.5 Å². The standard InChI is InChI=1S/C26H32N4O3/c1-7-29(25(32)19-12-14-20(33-6)15-13-19)17-24(31)27-23-16-22(26(3,4)5)28-30(23)21-11-9-8-10-18(21)2/h8-16H,7,17H2,1-6H3,(H,27,31). The van der Waals surface area contributed by atoms with E-state index >= 15 is 0 Å². The van der Waals surface area contributed by atoms with Crippen LogP contribution in [0.5, 0.6) is 5.75 Å². The minimum absolute atomic E-state index is 0.0643. The van der Waals surface area contributed by atoms with Crippen molar-refractivity contribution in [3.05, 3.63) is 71.4 Å². The molecular weight excluding hydrogens is 416 g/mol. The van der Waals surface area contributed by atoms with Crippen LogP contribution in [0.1, 0.15) is 49.3 Å². The molecule has 0 spiro atoms. The fourth-order valence-corrected chi connectivity index (χ4v) is 3.42. The largest absolute Gasteiger partial charge is 0.497 e. The third kappa shape index (κ3) is 5.61. The van der Waals surface area contributed by atoms with Gasteiger partial charge in [-0.05, 0) is 49.7 Å². The molecule has 0 aliphatic rings. The Kier molecular flexibility index (Phi) is 7.21. The van der Waals surface area contributed by atoms with Crippen LogP contribution < -0.4 is 10.1 Å². The lowest BCUT2D eigenvalue weighted by atomic mass is 9.92. The van der Waals surface area contributed by atoms with E-state index in [1.54, 1.807) is 36.1 Å². The molecule has 2 amide bonds. The van der Waals surface area contributed by atoms with Crippen LogP contribution in [0.15, 0.2) is 54.6 Å². The average Bonchev–Trinajstić information content (AvgIpc) is 3.21. The summed E-state index contributed by atoms with van der Waals surface area (Å²) in [4.78, 5) is 27.4. The van der Waals surface area contributed by atoms with Crippen molar-refractivity contribution in [3.63, 3.8) is 0 Å². The Bertz CT molecular complexity index is 1130. The van der Waals surface area contributed by atoms with Crippen LogP contribution >= 0.6 is 0 Å². The Morgan fingerprint density at radius 1 is 1.09 bits per heavy atom. The van der Waals surface area contributed by atoms with Gasteiger partial charge in [0.05, 0.1) is 18.5 Å². The number of carbonyl (C=O) groups is 2. The summed E-state index contributed by atoms with van der Waals surface area (Å²) < 4.78 is 6.91. The van der Waals surface area contributed by atoms with Gasteiger partial charge in [-0.2, -0.15) is 5.10 Å². The lowest BCUT2D eigenvalue weighted by Crippen LogP contribution is -2.38. The minimum atomic E-state index is -0.283. The highest BCUT2D eigenvalue weighted by atomic mass is 16.5. The summed E-state index contributed by atoms with van der Waals surface area (Å²) >= 11 is 0.